The monoisotopic (exact) mass is 478 g/mol. The number of hydrogen-bond acceptors (Lipinski definition) is 5. The Morgan fingerprint density at radius 1 is 1.03 bits per heavy atom. The van der Waals surface area contributed by atoms with Gasteiger partial charge in [-0.3, -0.25) is 15.1 Å². The molecule has 0 amide bonds. The van der Waals surface area contributed by atoms with Crippen molar-refractivity contribution in [2.45, 2.75) is 103 Å². The van der Waals surface area contributed by atoms with Gasteiger partial charge < -0.3 is 8.85 Å². The Morgan fingerprint density at radius 2 is 1.56 bits per heavy atom. The van der Waals surface area contributed by atoms with Crippen LogP contribution >= 0.6 is 0 Å². The predicted molar refractivity (Wildman–Crippen MR) is 137 cm³/mol. The molecule has 0 aromatic carbocycles. The van der Waals surface area contributed by atoms with Gasteiger partial charge in [-0.25, -0.2) is 0 Å². The number of hydrogen-bond donors (Lipinski definition) is 0. The van der Waals surface area contributed by atoms with Crippen LogP contribution in [0, 0.1) is 16.0 Å². The number of aromatic nitrogens is 1. The van der Waals surface area contributed by atoms with Gasteiger partial charge in [0.05, 0.1) is 22.7 Å². The lowest BCUT2D eigenvalue weighted by atomic mass is 9.83. The molecule has 6 nitrogen and oxygen atoms in total. The van der Waals surface area contributed by atoms with Crippen LogP contribution in [-0.2, 0) is 8.85 Å². The van der Waals surface area contributed by atoms with Crippen LogP contribution in [0.3, 0.4) is 0 Å². The summed E-state index contributed by atoms with van der Waals surface area (Å²) in [5.41, 5.74) is 1.62. The first-order valence-electron chi connectivity index (χ1n) is 11.5. The number of nitrogens with zero attached hydrogens (tertiary/aromatic N) is 2. The van der Waals surface area contributed by atoms with Crippen molar-refractivity contribution in [1.82, 2.24) is 4.98 Å². The molecule has 0 unspecified atom stereocenters. The summed E-state index contributed by atoms with van der Waals surface area (Å²) < 4.78 is 13.8. The summed E-state index contributed by atoms with van der Waals surface area (Å²) in [6, 6.07) is 1.75. The predicted octanol–water partition coefficient (Wildman–Crippen LogP) is 7.19. The van der Waals surface area contributed by atoms with Crippen molar-refractivity contribution in [2.75, 3.05) is 0 Å². The lowest BCUT2D eigenvalue weighted by molar-refractivity contribution is -0.385. The van der Waals surface area contributed by atoms with E-state index in [0.717, 1.165) is 5.57 Å². The normalized spacial score (nSPS) is 23.1. The zero-order chi connectivity index (χ0) is 24.7. The van der Waals surface area contributed by atoms with E-state index in [-0.39, 0.29) is 38.8 Å². The van der Waals surface area contributed by atoms with Crippen LogP contribution in [0.25, 0.3) is 5.57 Å². The van der Waals surface area contributed by atoms with Crippen LogP contribution in [0.1, 0.15) is 60.5 Å². The van der Waals surface area contributed by atoms with Crippen LogP contribution in [-0.4, -0.2) is 38.8 Å². The minimum atomic E-state index is -2.11. The van der Waals surface area contributed by atoms with Gasteiger partial charge in [-0.15, -0.1) is 0 Å². The molecule has 1 aromatic rings. The molecule has 0 fully saturated rings. The van der Waals surface area contributed by atoms with Crippen LogP contribution in [0.5, 0.6) is 0 Å². The molecule has 0 saturated carbocycles. The molecule has 1 aliphatic carbocycles. The Bertz CT molecular complexity index is 869. The summed E-state index contributed by atoms with van der Waals surface area (Å²) in [6.45, 7) is 24.7. The largest absolute Gasteiger partial charge is 0.411 e. The Morgan fingerprint density at radius 3 is 2.06 bits per heavy atom. The van der Waals surface area contributed by atoms with Crippen molar-refractivity contribution in [3.8, 4) is 0 Å². The first-order valence-corrected chi connectivity index (χ1v) is 17.3. The molecule has 180 valence electrons. The summed E-state index contributed by atoms with van der Waals surface area (Å²) in [5, 5.41) is 11.8. The van der Waals surface area contributed by atoms with Crippen LogP contribution in [0.4, 0.5) is 5.69 Å². The molecule has 0 saturated heterocycles. The highest BCUT2D eigenvalue weighted by atomic mass is 28.4. The average molecular weight is 479 g/mol. The summed E-state index contributed by atoms with van der Waals surface area (Å²) in [4.78, 5) is 15.3. The summed E-state index contributed by atoms with van der Waals surface area (Å²) >= 11 is 0. The Kier molecular flexibility index (Phi) is 7.66. The molecule has 1 aliphatic rings. The van der Waals surface area contributed by atoms with Gasteiger partial charge in [0.15, 0.2) is 16.6 Å². The number of pyridine rings is 1. The smallest absolute Gasteiger partial charge is 0.294 e. The molecule has 2 rings (SSSR count). The van der Waals surface area contributed by atoms with Crippen molar-refractivity contribution in [2.24, 2.45) is 5.92 Å². The fourth-order valence-electron chi connectivity index (χ4n) is 3.47. The highest BCUT2D eigenvalue weighted by Crippen LogP contribution is 2.45. The van der Waals surface area contributed by atoms with E-state index < -0.39 is 16.6 Å². The van der Waals surface area contributed by atoms with Gasteiger partial charge in [0, 0.05) is 6.20 Å². The topological polar surface area (TPSA) is 74.5 Å². The molecule has 1 heterocycles. The molecule has 3 atom stereocenters. The zero-order valence-corrected chi connectivity index (χ0v) is 23.8. The average Bonchev–Trinajstić information content (AvgIpc) is 2.62. The third-order valence-electron chi connectivity index (χ3n) is 7.61. The van der Waals surface area contributed by atoms with Gasteiger partial charge in [0.1, 0.15) is 6.20 Å². The minimum absolute atomic E-state index is 0.0424. The van der Waals surface area contributed by atoms with E-state index in [1.807, 2.05) is 0 Å². The van der Waals surface area contributed by atoms with Crippen LogP contribution in [0.2, 0.25) is 36.3 Å². The first-order chi connectivity index (χ1) is 14.4. The second kappa shape index (κ2) is 9.12. The second-order valence-corrected chi connectivity index (χ2v) is 21.7. The lowest BCUT2D eigenvalue weighted by Gasteiger charge is -2.47. The van der Waals surface area contributed by atoms with E-state index in [0.29, 0.717) is 12.0 Å². The van der Waals surface area contributed by atoms with E-state index in [1.54, 1.807) is 12.3 Å². The van der Waals surface area contributed by atoms with E-state index in [1.165, 1.54) is 6.20 Å². The fraction of sp³-hybridized carbons (Fsp3) is 0.708. The van der Waals surface area contributed by atoms with E-state index in [9.17, 15) is 10.1 Å². The highest BCUT2D eigenvalue weighted by Gasteiger charge is 2.47. The van der Waals surface area contributed by atoms with Gasteiger partial charge >= 0.3 is 0 Å². The molecular formula is C24H42N2O4Si2. The molecule has 0 radical (unpaired) electrons. The van der Waals surface area contributed by atoms with Gasteiger partial charge in [0.2, 0.25) is 0 Å². The Labute approximate surface area is 196 Å². The molecule has 0 bridgehead atoms. The van der Waals surface area contributed by atoms with Crippen LogP contribution < -0.4 is 0 Å². The standard InChI is InChI=1S/C24H42N2O4Si2/c1-17-14-18(19-12-13-25-16-20(19)26(27)28)15-21(29-31(8,9)23(2,3)4)22(17)30-32(10,11)24(5,6)7/h12-13,15-17,21-22H,14H2,1-11H3/t17-,21-,22+/m0/s1. The maximum absolute atomic E-state index is 11.6. The minimum Gasteiger partial charge on any atom is -0.411 e. The number of allylic oxidation sites excluding steroid dienone is 1. The van der Waals surface area contributed by atoms with Crippen molar-refractivity contribution in [3.05, 3.63) is 40.2 Å². The van der Waals surface area contributed by atoms with Gasteiger partial charge in [-0.2, -0.15) is 0 Å². The van der Waals surface area contributed by atoms with Crippen molar-refractivity contribution >= 4 is 27.9 Å². The number of nitro groups is 1. The Balaban J connectivity index is 2.56. The summed E-state index contributed by atoms with van der Waals surface area (Å²) in [6.07, 6.45) is 5.45. The zero-order valence-electron chi connectivity index (χ0n) is 21.8. The van der Waals surface area contributed by atoms with Crippen molar-refractivity contribution in [3.63, 3.8) is 0 Å². The van der Waals surface area contributed by atoms with E-state index in [2.05, 4.69) is 85.7 Å². The molecule has 0 N–H and O–H groups in total. The van der Waals surface area contributed by atoms with Gasteiger partial charge in [-0.1, -0.05) is 54.5 Å². The van der Waals surface area contributed by atoms with Gasteiger partial charge in [-0.05, 0) is 60.2 Å². The fourth-order valence-corrected chi connectivity index (χ4v) is 6.11. The maximum atomic E-state index is 11.6. The maximum Gasteiger partial charge on any atom is 0.294 e. The molecule has 8 heteroatoms. The highest BCUT2D eigenvalue weighted by molar-refractivity contribution is 6.74. The molecular weight excluding hydrogens is 436 g/mol. The van der Waals surface area contributed by atoms with Crippen molar-refractivity contribution < 1.29 is 13.8 Å². The Hall–Kier alpha value is -1.36. The molecule has 0 aliphatic heterocycles. The van der Waals surface area contributed by atoms with Crippen molar-refractivity contribution in [1.29, 1.82) is 0 Å². The molecule has 0 spiro atoms. The molecule has 32 heavy (non-hydrogen) atoms. The van der Waals surface area contributed by atoms with E-state index in [4.69, 9.17) is 8.85 Å². The third kappa shape index (κ3) is 5.76. The first kappa shape index (κ1) is 26.9. The quantitative estimate of drug-likeness (QED) is 0.246. The summed E-state index contributed by atoms with van der Waals surface area (Å²) in [5.74, 6) is 0.173. The SMILES string of the molecule is C[C@H]1CC(c2ccncc2[N+](=O)[O-])=C[C@H](O[Si](C)(C)C(C)(C)C)[C@@H]1O[Si](C)(C)C(C)(C)C. The number of rotatable bonds is 6. The van der Waals surface area contributed by atoms with Crippen LogP contribution in [0.15, 0.2) is 24.5 Å². The van der Waals surface area contributed by atoms with Gasteiger partial charge in [0.25, 0.3) is 5.69 Å². The molecule has 1 aromatic heterocycles. The summed E-state index contributed by atoms with van der Waals surface area (Å²) in [7, 11) is -4.15. The van der Waals surface area contributed by atoms with E-state index >= 15 is 0 Å². The third-order valence-corrected chi connectivity index (χ3v) is 16.6. The lowest BCUT2D eigenvalue weighted by Crippen LogP contribution is -2.54. The second-order valence-electron chi connectivity index (χ2n) is 12.2.